The summed E-state index contributed by atoms with van der Waals surface area (Å²) >= 11 is 0. The second-order valence-corrected chi connectivity index (χ2v) is 15.3. The third kappa shape index (κ3) is 12.6. The average Bonchev–Trinajstić information content (AvgIpc) is 3.62. The molecule has 16 nitrogen and oxygen atoms in total. The molecule has 16 heteroatoms. The molecule has 0 bridgehead atoms. The van der Waals surface area contributed by atoms with E-state index >= 15 is 0 Å². The second-order valence-electron chi connectivity index (χ2n) is 15.3. The maximum absolute atomic E-state index is 14.3. The van der Waals surface area contributed by atoms with Crippen molar-refractivity contribution in [2.75, 3.05) is 41.9 Å². The second kappa shape index (κ2) is 22.3. The van der Waals surface area contributed by atoms with Crippen molar-refractivity contribution in [3.8, 4) is 0 Å². The molecule has 4 N–H and O–H groups in total. The van der Waals surface area contributed by atoms with Crippen molar-refractivity contribution < 1.29 is 33.4 Å². The van der Waals surface area contributed by atoms with Crippen LogP contribution >= 0.6 is 0 Å². The van der Waals surface area contributed by atoms with Crippen molar-refractivity contribution in [2.45, 2.75) is 122 Å². The number of azide groups is 1. The van der Waals surface area contributed by atoms with E-state index in [2.05, 4.69) is 20.7 Å². The lowest BCUT2D eigenvalue weighted by atomic mass is 9.89. The van der Waals surface area contributed by atoms with Gasteiger partial charge in [0.25, 0.3) is 0 Å². The molecule has 0 aromatic heterocycles. The normalized spacial score (nSPS) is 19.2. The molecule has 5 amide bonds. The molecular weight excluding hydrogens is 706 g/mol. The smallest absolute Gasteiger partial charge is 0.245 e. The molecule has 1 aliphatic heterocycles. The van der Waals surface area contributed by atoms with Gasteiger partial charge in [-0.1, -0.05) is 83.4 Å². The summed E-state index contributed by atoms with van der Waals surface area (Å²) in [7, 11) is 8.17. The molecule has 10 atom stereocenters. The minimum absolute atomic E-state index is 0.0637. The topological polar surface area (TPSA) is 212 Å². The summed E-state index contributed by atoms with van der Waals surface area (Å²) in [5.74, 6) is -3.08. The van der Waals surface area contributed by atoms with E-state index in [1.165, 1.54) is 19.1 Å². The van der Waals surface area contributed by atoms with Crippen LogP contribution in [0.1, 0.15) is 72.8 Å². The summed E-state index contributed by atoms with van der Waals surface area (Å²) in [5.41, 5.74) is 15.8. The number of methoxy groups -OCH3 is 2. The van der Waals surface area contributed by atoms with Gasteiger partial charge in [0.1, 0.15) is 12.1 Å². The number of rotatable bonds is 22. The number of carbonyl (C=O) groups excluding carboxylic acids is 5. The van der Waals surface area contributed by atoms with Gasteiger partial charge in [0.15, 0.2) is 0 Å². The fraction of sp³-hybridized carbons (Fsp3) is 0.718. The fourth-order valence-electron chi connectivity index (χ4n) is 7.81. The van der Waals surface area contributed by atoms with E-state index in [0.29, 0.717) is 25.8 Å². The Balaban J connectivity index is 2.33. The highest BCUT2D eigenvalue weighted by molar-refractivity contribution is 5.91. The molecule has 0 spiro atoms. The summed E-state index contributed by atoms with van der Waals surface area (Å²) in [4.78, 5) is 75.7. The molecule has 1 aliphatic rings. The Hall–Kier alpha value is -4.24. The minimum Gasteiger partial charge on any atom is -0.379 e. The monoisotopic (exact) mass is 772 g/mol. The van der Waals surface area contributed by atoms with Crippen molar-refractivity contribution in [3.05, 3.63) is 46.3 Å². The SMILES string of the molecule is CC[C@H](C)[C@@H]([C@@H](CC(=O)N1CCC[C@H]1[C@H](OC)[C@@H](C)C(=O)N[C@@H](Cc1ccccc1)C(N)=O)OC)N(C)C(=O)C(NC(=O)[C@H](C(C)C)N(C)C)C(C)N=[N+]=[N-]. The van der Waals surface area contributed by atoms with Crippen LogP contribution in [0.5, 0.6) is 0 Å². The van der Waals surface area contributed by atoms with Crippen molar-refractivity contribution >= 4 is 29.5 Å². The molecule has 0 radical (unpaired) electrons. The van der Waals surface area contributed by atoms with Gasteiger partial charge in [-0.15, -0.1) is 0 Å². The number of hydrogen-bond donors (Lipinski definition) is 3. The summed E-state index contributed by atoms with van der Waals surface area (Å²) in [6.45, 7) is 11.5. The highest BCUT2D eigenvalue weighted by atomic mass is 16.5. The molecule has 1 fully saturated rings. The van der Waals surface area contributed by atoms with Gasteiger partial charge in [-0.2, -0.15) is 0 Å². The van der Waals surface area contributed by atoms with Crippen LogP contribution in [0.4, 0.5) is 0 Å². The zero-order valence-electron chi connectivity index (χ0n) is 34.6. The van der Waals surface area contributed by atoms with Gasteiger partial charge in [-0.25, -0.2) is 0 Å². The van der Waals surface area contributed by atoms with Crippen LogP contribution in [0.3, 0.4) is 0 Å². The molecule has 1 aromatic rings. The maximum Gasteiger partial charge on any atom is 0.245 e. The number of nitrogens with zero attached hydrogens (tertiary/aromatic N) is 6. The van der Waals surface area contributed by atoms with Gasteiger partial charge >= 0.3 is 0 Å². The Morgan fingerprint density at radius 1 is 1.00 bits per heavy atom. The molecule has 1 aromatic carbocycles. The average molecular weight is 772 g/mol. The van der Waals surface area contributed by atoms with Crippen LogP contribution in [0, 0.1) is 17.8 Å². The first-order valence-electron chi connectivity index (χ1n) is 19.2. The largest absolute Gasteiger partial charge is 0.379 e. The predicted octanol–water partition coefficient (Wildman–Crippen LogP) is 2.89. The Labute approximate surface area is 326 Å². The van der Waals surface area contributed by atoms with Crippen molar-refractivity contribution in [3.63, 3.8) is 0 Å². The predicted molar refractivity (Wildman–Crippen MR) is 210 cm³/mol. The number of nitrogens with one attached hydrogen (secondary N) is 2. The van der Waals surface area contributed by atoms with Gasteiger partial charge in [0, 0.05) is 39.1 Å². The summed E-state index contributed by atoms with van der Waals surface area (Å²) in [6.07, 6.45) is 0.669. The number of likely N-dealkylation sites (tertiary alicyclic amines) is 1. The molecule has 2 rings (SSSR count). The van der Waals surface area contributed by atoms with Crippen LogP contribution < -0.4 is 16.4 Å². The first kappa shape index (κ1) is 46.9. The lowest BCUT2D eigenvalue weighted by Crippen LogP contribution is -2.60. The molecule has 55 heavy (non-hydrogen) atoms. The Bertz CT molecular complexity index is 1460. The number of nitrogens with two attached hydrogens (primary N) is 1. The highest BCUT2D eigenvalue weighted by Gasteiger charge is 2.43. The van der Waals surface area contributed by atoms with Crippen LogP contribution in [0.25, 0.3) is 10.4 Å². The quantitative estimate of drug-likeness (QED) is 0.0904. The Morgan fingerprint density at radius 2 is 1.64 bits per heavy atom. The van der Waals surface area contributed by atoms with Crippen molar-refractivity contribution in [1.29, 1.82) is 0 Å². The first-order valence-corrected chi connectivity index (χ1v) is 19.2. The van der Waals surface area contributed by atoms with Crippen LogP contribution in [0.15, 0.2) is 35.4 Å². The zero-order chi connectivity index (χ0) is 41.6. The van der Waals surface area contributed by atoms with E-state index < -0.39 is 72.1 Å². The third-order valence-corrected chi connectivity index (χ3v) is 10.9. The summed E-state index contributed by atoms with van der Waals surface area (Å²) in [5, 5.41) is 9.41. The fourth-order valence-corrected chi connectivity index (χ4v) is 7.81. The standard InChI is InChI=1S/C39H65N9O7/c1-12-24(4)34(47(9)39(53)32(26(6)44-45-41)43-38(52)33(23(2)3)46(7)8)30(54-10)22-31(49)48-20-16-19-29(48)35(55-11)25(5)37(51)42-28(36(40)50)21-27-17-14-13-15-18-27/h13-15,17-18,23-26,28-30,32-35H,12,16,19-22H2,1-11H3,(H2,40,50)(H,42,51)(H,43,52)/t24-,25+,26?,28-,29-,30+,32?,33-,34-,35+/m0/s1. The number of primary amides is 1. The molecular formula is C39H65N9O7. The molecule has 0 aliphatic carbocycles. The third-order valence-electron chi connectivity index (χ3n) is 10.9. The van der Waals surface area contributed by atoms with E-state index in [1.54, 1.807) is 44.8 Å². The number of likely N-dealkylation sites (N-methyl/N-ethyl adjacent to an activating group) is 2. The molecule has 1 heterocycles. The van der Waals surface area contributed by atoms with E-state index in [1.807, 2.05) is 58.0 Å². The van der Waals surface area contributed by atoms with Crippen molar-refractivity contribution in [1.82, 2.24) is 25.3 Å². The van der Waals surface area contributed by atoms with Gasteiger partial charge in [0.05, 0.1) is 48.7 Å². The van der Waals surface area contributed by atoms with Crippen molar-refractivity contribution in [2.24, 2.45) is 28.6 Å². The number of hydrogen-bond acceptors (Lipinski definition) is 9. The van der Waals surface area contributed by atoms with E-state index in [0.717, 1.165) is 5.56 Å². The summed E-state index contributed by atoms with van der Waals surface area (Å²) in [6, 6.07) is 4.68. The number of ether oxygens (including phenoxy) is 2. The lowest BCUT2D eigenvalue weighted by molar-refractivity contribution is -0.147. The number of amides is 5. The zero-order valence-corrected chi connectivity index (χ0v) is 34.6. The Morgan fingerprint density at radius 3 is 2.15 bits per heavy atom. The summed E-state index contributed by atoms with van der Waals surface area (Å²) < 4.78 is 11.9. The van der Waals surface area contributed by atoms with E-state index in [9.17, 15) is 29.5 Å². The van der Waals surface area contributed by atoms with Crippen LogP contribution in [-0.4, -0.2) is 135 Å². The van der Waals surface area contributed by atoms with Gasteiger partial charge < -0.3 is 35.6 Å². The van der Waals surface area contributed by atoms with E-state index in [4.69, 9.17) is 15.2 Å². The molecule has 1 saturated heterocycles. The maximum atomic E-state index is 14.3. The van der Waals surface area contributed by atoms with Gasteiger partial charge in [-0.05, 0) is 49.9 Å². The first-order chi connectivity index (χ1) is 25.9. The number of carbonyl (C=O) groups is 5. The minimum atomic E-state index is -1.17. The van der Waals surface area contributed by atoms with Crippen LogP contribution in [0.2, 0.25) is 0 Å². The number of benzene rings is 1. The Kier molecular flexibility index (Phi) is 19.1. The molecule has 308 valence electrons. The van der Waals surface area contributed by atoms with Gasteiger partial charge in [-0.3, -0.25) is 28.9 Å². The highest BCUT2D eigenvalue weighted by Crippen LogP contribution is 2.30. The lowest BCUT2D eigenvalue weighted by Gasteiger charge is -2.41. The molecule has 2 unspecified atom stereocenters. The van der Waals surface area contributed by atoms with Crippen LogP contribution in [-0.2, 0) is 39.9 Å². The van der Waals surface area contributed by atoms with Gasteiger partial charge in [0.2, 0.25) is 29.5 Å². The van der Waals surface area contributed by atoms with E-state index in [-0.39, 0.29) is 36.5 Å². The molecule has 0 saturated carbocycles.